The molecule has 0 saturated heterocycles. The summed E-state index contributed by atoms with van der Waals surface area (Å²) in [5, 5.41) is 2.43. The van der Waals surface area contributed by atoms with E-state index >= 15 is 0 Å². The molecule has 3 heteroatoms. The van der Waals surface area contributed by atoms with Gasteiger partial charge < -0.3 is 15.2 Å². The van der Waals surface area contributed by atoms with Gasteiger partial charge in [-0.1, -0.05) is 48.5 Å². The first-order valence-corrected chi connectivity index (χ1v) is 7.28. The van der Waals surface area contributed by atoms with Crippen molar-refractivity contribution in [3.8, 4) is 11.5 Å². The van der Waals surface area contributed by atoms with Crippen molar-refractivity contribution in [3.05, 3.63) is 71.8 Å². The van der Waals surface area contributed by atoms with Crippen LogP contribution < -0.4 is 15.2 Å². The van der Waals surface area contributed by atoms with Crippen molar-refractivity contribution in [2.75, 3.05) is 7.11 Å². The molecule has 3 aromatic rings. The number of hydrogen-bond acceptors (Lipinski definition) is 3. The SMILES string of the molecule is COc1cc(CN)ccc1OCc1cccc2ccccc12. The quantitative estimate of drug-likeness (QED) is 0.776. The Morgan fingerprint density at radius 2 is 1.73 bits per heavy atom. The molecule has 0 bridgehead atoms. The molecule has 0 aliphatic carbocycles. The number of fused-ring (bicyclic) bond motifs is 1. The maximum Gasteiger partial charge on any atom is 0.161 e. The van der Waals surface area contributed by atoms with Gasteiger partial charge in [0, 0.05) is 6.54 Å². The molecule has 0 radical (unpaired) electrons. The lowest BCUT2D eigenvalue weighted by Gasteiger charge is -2.13. The first kappa shape index (κ1) is 14.4. The summed E-state index contributed by atoms with van der Waals surface area (Å²) in [7, 11) is 1.64. The van der Waals surface area contributed by atoms with Crippen LogP contribution in [0.1, 0.15) is 11.1 Å². The van der Waals surface area contributed by atoms with Gasteiger partial charge in [-0.15, -0.1) is 0 Å². The Hall–Kier alpha value is -2.52. The molecule has 0 unspecified atom stereocenters. The van der Waals surface area contributed by atoms with Gasteiger partial charge in [-0.3, -0.25) is 0 Å². The zero-order valence-corrected chi connectivity index (χ0v) is 12.6. The fourth-order valence-electron chi connectivity index (χ4n) is 2.53. The number of hydrogen-bond donors (Lipinski definition) is 1. The molecule has 0 amide bonds. The molecule has 0 aliphatic heterocycles. The summed E-state index contributed by atoms with van der Waals surface area (Å²) < 4.78 is 11.3. The smallest absolute Gasteiger partial charge is 0.161 e. The third-order valence-electron chi connectivity index (χ3n) is 3.73. The summed E-state index contributed by atoms with van der Waals surface area (Å²) in [6.45, 7) is 0.986. The standard InChI is InChI=1S/C19H19NO2/c1-21-19-11-14(12-20)9-10-18(19)22-13-16-7-4-6-15-5-2-3-8-17(15)16/h2-11H,12-13,20H2,1H3. The fourth-order valence-corrected chi connectivity index (χ4v) is 2.53. The molecule has 22 heavy (non-hydrogen) atoms. The van der Waals surface area contributed by atoms with Crippen LogP contribution in [0.5, 0.6) is 11.5 Å². The normalized spacial score (nSPS) is 10.6. The summed E-state index contributed by atoms with van der Waals surface area (Å²) in [6, 6.07) is 20.3. The zero-order valence-electron chi connectivity index (χ0n) is 12.6. The lowest BCUT2D eigenvalue weighted by molar-refractivity contribution is 0.285. The minimum atomic E-state index is 0.486. The van der Waals surface area contributed by atoms with Crippen molar-refractivity contribution in [1.82, 2.24) is 0 Å². The molecule has 0 aromatic heterocycles. The highest BCUT2D eigenvalue weighted by Gasteiger charge is 2.07. The topological polar surface area (TPSA) is 44.5 Å². The average molecular weight is 293 g/mol. The van der Waals surface area contributed by atoms with Gasteiger partial charge >= 0.3 is 0 Å². The summed E-state index contributed by atoms with van der Waals surface area (Å²) in [4.78, 5) is 0. The van der Waals surface area contributed by atoms with Crippen LogP contribution >= 0.6 is 0 Å². The lowest BCUT2D eigenvalue weighted by atomic mass is 10.1. The predicted octanol–water partition coefficient (Wildman–Crippen LogP) is 3.89. The summed E-state index contributed by atoms with van der Waals surface area (Å²) in [5.41, 5.74) is 7.83. The van der Waals surface area contributed by atoms with E-state index in [0.29, 0.717) is 18.9 Å². The molecular formula is C19H19NO2. The molecule has 0 atom stereocenters. The van der Waals surface area contributed by atoms with Gasteiger partial charge in [-0.25, -0.2) is 0 Å². The second-order valence-electron chi connectivity index (χ2n) is 5.12. The number of benzene rings is 3. The second kappa shape index (κ2) is 6.50. The molecule has 112 valence electrons. The van der Waals surface area contributed by atoms with Crippen molar-refractivity contribution in [1.29, 1.82) is 0 Å². The Morgan fingerprint density at radius 1 is 0.909 bits per heavy atom. The van der Waals surface area contributed by atoms with E-state index in [1.165, 1.54) is 10.8 Å². The number of rotatable bonds is 5. The Kier molecular flexibility index (Phi) is 4.26. The molecule has 0 aliphatic rings. The molecule has 0 fully saturated rings. The van der Waals surface area contributed by atoms with E-state index in [1.54, 1.807) is 7.11 Å². The Bertz CT molecular complexity index is 778. The highest BCUT2D eigenvalue weighted by atomic mass is 16.5. The molecule has 3 nitrogen and oxygen atoms in total. The van der Waals surface area contributed by atoms with E-state index < -0.39 is 0 Å². The monoisotopic (exact) mass is 293 g/mol. The number of nitrogens with two attached hydrogens (primary N) is 1. The summed E-state index contributed by atoms with van der Waals surface area (Å²) in [5.74, 6) is 1.44. The van der Waals surface area contributed by atoms with Gasteiger partial charge in [0.05, 0.1) is 7.11 Å². The zero-order chi connectivity index (χ0) is 15.4. The first-order chi connectivity index (χ1) is 10.8. The van der Waals surface area contributed by atoms with Gasteiger partial charge in [0.2, 0.25) is 0 Å². The van der Waals surface area contributed by atoms with Gasteiger partial charge in [0.1, 0.15) is 6.61 Å². The molecule has 0 heterocycles. The summed E-state index contributed by atoms with van der Waals surface area (Å²) >= 11 is 0. The second-order valence-corrected chi connectivity index (χ2v) is 5.12. The third-order valence-corrected chi connectivity index (χ3v) is 3.73. The minimum absolute atomic E-state index is 0.486. The van der Waals surface area contributed by atoms with Crippen LogP contribution in [-0.2, 0) is 13.2 Å². The van der Waals surface area contributed by atoms with Crippen molar-refractivity contribution < 1.29 is 9.47 Å². The van der Waals surface area contributed by atoms with Crippen molar-refractivity contribution in [2.24, 2.45) is 5.73 Å². The molecule has 3 aromatic carbocycles. The van der Waals surface area contributed by atoms with Crippen LogP contribution in [0.25, 0.3) is 10.8 Å². The highest BCUT2D eigenvalue weighted by molar-refractivity contribution is 5.85. The third kappa shape index (κ3) is 2.90. The van der Waals surface area contributed by atoms with Crippen molar-refractivity contribution in [2.45, 2.75) is 13.2 Å². The molecule has 2 N–H and O–H groups in total. The van der Waals surface area contributed by atoms with E-state index in [2.05, 4.69) is 30.3 Å². The number of methoxy groups -OCH3 is 1. The molecular weight excluding hydrogens is 274 g/mol. The van der Waals surface area contributed by atoms with Gasteiger partial charge in [-0.05, 0) is 34.0 Å². The van der Waals surface area contributed by atoms with Crippen molar-refractivity contribution >= 4 is 10.8 Å². The first-order valence-electron chi connectivity index (χ1n) is 7.28. The largest absolute Gasteiger partial charge is 0.493 e. The van der Waals surface area contributed by atoms with Crippen LogP contribution in [-0.4, -0.2) is 7.11 Å². The van der Waals surface area contributed by atoms with Gasteiger partial charge in [-0.2, -0.15) is 0 Å². The van der Waals surface area contributed by atoms with E-state index in [-0.39, 0.29) is 0 Å². The highest BCUT2D eigenvalue weighted by Crippen LogP contribution is 2.29. The predicted molar refractivity (Wildman–Crippen MR) is 89.2 cm³/mol. The molecule has 0 saturated carbocycles. The van der Waals surface area contributed by atoms with Crippen molar-refractivity contribution in [3.63, 3.8) is 0 Å². The van der Waals surface area contributed by atoms with E-state index in [1.807, 2.05) is 30.3 Å². The maximum absolute atomic E-state index is 5.96. The Morgan fingerprint density at radius 3 is 2.55 bits per heavy atom. The summed E-state index contributed by atoms with van der Waals surface area (Å²) in [6.07, 6.45) is 0. The van der Waals surface area contributed by atoms with Gasteiger partial charge in [0.15, 0.2) is 11.5 Å². The molecule has 3 rings (SSSR count). The lowest BCUT2D eigenvalue weighted by Crippen LogP contribution is -2.01. The van der Waals surface area contributed by atoms with E-state index in [9.17, 15) is 0 Å². The van der Waals surface area contributed by atoms with Crippen LogP contribution in [0.4, 0.5) is 0 Å². The fraction of sp³-hybridized carbons (Fsp3) is 0.158. The maximum atomic E-state index is 5.96. The van der Waals surface area contributed by atoms with Gasteiger partial charge in [0.25, 0.3) is 0 Å². The Labute approximate surface area is 130 Å². The average Bonchev–Trinajstić information content (AvgIpc) is 2.59. The molecule has 0 spiro atoms. The van der Waals surface area contributed by atoms with Crippen LogP contribution in [0, 0.1) is 0 Å². The van der Waals surface area contributed by atoms with E-state index in [0.717, 1.165) is 16.9 Å². The minimum Gasteiger partial charge on any atom is -0.493 e. The van der Waals surface area contributed by atoms with Crippen LogP contribution in [0.15, 0.2) is 60.7 Å². The van der Waals surface area contributed by atoms with Crippen LogP contribution in [0.3, 0.4) is 0 Å². The number of ether oxygens (including phenoxy) is 2. The van der Waals surface area contributed by atoms with E-state index in [4.69, 9.17) is 15.2 Å². The Balaban J connectivity index is 1.85. The van der Waals surface area contributed by atoms with Crippen LogP contribution in [0.2, 0.25) is 0 Å².